The van der Waals surface area contributed by atoms with Crippen molar-refractivity contribution in [3.05, 3.63) is 69.8 Å². The van der Waals surface area contributed by atoms with Gasteiger partial charge in [-0.15, -0.1) is 0 Å². The monoisotopic (exact) mass is 493 g/mol. The Labute approximate surface area is 209 Å². The third-order valence-electron chi connectivity index (χ3n) is 7.08. The van der Waals surface area contributed by atoms with Crippen LogP contribution in [0, 0.1) is 10.1 Å². The number of rotatable bonds is 10. The summed E-state index contributed by atoms with van der Waals surface area (Å²) < 4.78 is 6.64. The van der Waals surface area contributed by atoms with E-state index in [0.29, 0.717) is 30.8 Å². The molecule has 2 aromatic carbocycles. The largest absolute Gasteiger partial charge is 0.481 e. The van der Waals surface area contributed by atoms with Gasteiger partial charge in [0.25, 0.3) is 5.69 Å². The predicted octanol–water partition coefficient (Wildman–Crippen LogP) is 4.65. The molecule has 9 nitrogen and oxygen atoms in total. The van der Waals surface area contributed by atoms with E-state index in [-0.39, 0.29) is 24.4 Å². The number of nitro groups is 1. The summed E-state index contributed by atoms with van der Waals surface area (Å²) in [7, 11) is 0. The predicted molar refractivity (Wildman–Crippen MR) is 136 cm³/mol. The number of carboxylic acids is 1. The van der Waals surface area contributed by atoms with Crippen LogP contribution in [0.5, 0.6) is 5.75 Å². The Kier molecular flexibility index (Phi) is 7.01. The van der Waals surface area contributed by atoms with Crippen LogP contribution in [0.3, 0.4) is 0 Å². The number of hydrogen-bond acceptors (Lipinski definition) is 6. The van der Waals surface area contributed by atoms with Gasteiger partial charge in [-0.2, -0.15) is 0 Å². The number of ether oxygens (including phenoxy) is 1. The van der Waals surface area contributed by atoms with E-state index >= 15 is 0 Å². The lowest BCUT2D eigenvalue weighted by Gasteiger charge is -2.47. The number of hydrogen-bond donors (Lipinski definition) is 2. The average Bonchev–Trinajstić information content (AvgIpc) is 3.02. The Morgan fingerprint density at radius 2 is 1.89 bits per heavy atom. The van der Waals surface area contributed by atoms with E-state index in [2.05, 4.69) is 30.1 Å². The molecule has 1 unspecified atom stereocenters. The zero-order valence-electron chi connectivity index (χ0n) is 20.5. The average molecular weight is 494 g/mol. The molecule has 190 valence electrons. The molecule has 36 heavy (non-hydrogen) atoms. The maximum absolute atomic E-state index is 12.6. The van der Waals surface area contributed by atoms with E-state index in [1.165, 1.54) is 12.1 Å². The number of para-hydroxylation sites is 1. The number of non-ortho nitro benzene ring substituents is 1. The minimum absolute atomic E-state index is 0.00315. The van der Waals surface area contributed by atoms with Crippen LogP contribution in [0.25, 0.3) is 6.08 Å². The zero-order chi connectivity index (χ0) is 25.9. The number of anilines is 1. The highest BCUT2D eigenvalue weighted by atomic mass is 16.6. The summed E-state index contributed by atoms with van der Waals surface area (Å²) in [4.78, 5) is 36.1. The first kappa shape index (κ1) is 25.2. The lowest BCUT2D eigenvalue weighted by Crippen LogP contribution is -2.60. The lowest BCUT2D eigenvalue weighted by atomic mass is 9.76. The van der Waals surface area contributed by atoms with Crippen LogP contribution < -0.4 is 15.0 Å². The van der Waals surface area contributed by atoms with Crippen LogP contribution >= 0.6 is 0 Å². The molecule has 0 aromatic heterocycles. The number of amides is 1. The highest BCUT2D eigenvalue weighted by molar-refractivity contribution is 5.78. The summed E-state index contributed by atoms with van der Waals surface area (Å²) in [6, 6.07) is 12.6. The third-order valence-corrected chi connectivity index (χ3v) is 7.08. The van der Waals surface area contributed by atoms with Crippen molar-refractivity contribution in [2.45, 2.75) is 57.1 Å². The van der Waals surface area contributed by atoms with Gasteiger partial charge in [-0.25, -0.2) is 0 Å². The minimum Gasteiger partial charge on any atom is -0.481 e. The van der Waals surface area contributed by atoms with Crippen LogP contribution in [0.1, 0.15) is 57.1 Å². The molecule has 2 aromatic rings. The standard InChI is InChI=1S/C27H31N3O6/c1-26(2)21-8-5-6-9-22(21)29(17-14-24(31)28-16-7-3-4-10-25(32)33)27(26)15-13-19-18-20(30(34)35)11-12-23(19)36-27/h5-6,8-9,11-13,15,18H,3-4,7,10,14,16-17H2,1-2H3,(H,28,31)(H,32,33). The molecule has 1 atom stereocenters. The maximum Gasteiger partial charge on any atom is 0.303 e. The number of carboxylic acid groups (broad SMARTS) is 1. The van der Waals surface area contributed by atoms with Crippen molar-refractivity contribution in [2.75, 3.05) is 18.0 Å². The molecular formula is C27H31N3O6. The van der Waals surface area contributed by atoms with E-state index < -0.39 is 22.0 Å². The molecule has 0 saturated heterocycles. The van der Waals surface area contributed by atoms with Gasteiger partial charge >= 0.3 is 5.97 Å². The second kappa shape index (κ2) is 10.0. The van der Waals surface area contributed by atoms with E-state index in [1.807, 2.05) is 30.4 Å². The molecule has 9 heteroatoms. The van der Waals surface area contributed by atoms with E-state index in [1.54, 1.807) is 6.07 Å². The van der Waals surface area contributed by atoms with Crippen molar-refractivity contribution in [3.63, 3.8) is 0 Å². The first-order valence-corrected chi connectivity index (χ1v) is 12.2. The van der Waals surface area contributed by atoms with Gasteiger partial charge in [-0.05, 0) is 56.5 Å². The molecule has 2 heterocycles. The molecule has 2 aliphatic rings. The van der Waals surface area contributed by atoms with Crippen molar-refractivity contribution >= 4 is 29.3 Å². The Hall–Kier alpha value is -3.88. The number of unbranched alkanes of at least 4 members (excludes halogenated alkanes) is 2. The summed E-state index contributed by atoms with van der Waals surface area (Å²) in [5, 5.41) is 22.9. The Bertz CT molecular complexity index is 1210. The van der Waals surface area contributed by atoms with Crippen LogP contribution in [0.2, 0.25) is 0 Å². The first-order valence-electron chi connectivity index (χ1n) is 12.2. The fourth-order valence-electron chi connectivity index (χ4n) is 5.10. The molecule has 1 spiro atoms. The fraction of sp³-hybridized carbons (Fsp3) is 0.407. The van der Waals surface area contributed by atoms with Crippen LogP contribution in [0.4, 0.5) is 11.4 Å². The third kappa shape index (κ3) is 4.65. The van der Waals surface area contributed by atoms with E-state index in [0.717, 1.165) is 24.1 Å². The van der Waals surface area contributed by atoms with Crippen LogP contribution in [-0.4, -0.2) is 40.7 Å². The number of fused-ring (bicyclic) bond motifs is 2. The number of nitrogens with zero attached hydrogens (tertiary/aromatic N) is 2. The quantitative estimate of drug-likeness (QED) is 0.281. The summed E-state index contributed by atoms with van der Waals surface area (Å²) in [6.45, 7) is 5.12. The molecule has 2 aliphatic heterocycles. The van der Waals surface area contributed by atoms with Gasteiger partial charge in [-0.3, -0.25) is 19.7 Å². The highest BCUT2D eigenvalue weighted by Crippen LogP contribution is 2.55. The van der Waals surface area contributed by atoms with Crippen molar-refractivity contribution in [3.8, 4) is 5.75 Å². The summed E-state index contributed by atoms with van der Waals surface area (Å²) in [5.41, 5.74) is 1.35. The van der Waals surface area contributed by atoms with Crippen molar-refractivity contribution < 1.29 is 24.4 Å². The molecule has 2 N–H and O–H groups in total. The molecule has 0 fully saturated rings. The number of aliphatic carboxylic acids is 1. The molecule has 0 bridgehead atoms. The molecule has 0 aliphatic carbocycles. The number of nitro benzene ring substituents is 1. The smallest absolute Gasteiger partial charge is 0.303 e. The SMILES string of the molecule is CC1(C)c2ccccc2N(CCC(=O)NCCCCCC(=O)O)C12C=Cc1cc([N+](=O)[O-])ccc1O2. The lowest BCUT2D eigenvalue weighted by molar-refractivity contribution is -0.384. The van der Waals surface area contributed by atoms with Gasteiger partial charge in [-0.1, -0.05) is 24.6 Å². The maximum atomic E-state index is 12.6. The Morgan fingerprint density at radius 3 is 2.64 bits per heavy atom. The summed E-state index contributed by atoms with van der Waals surface area (Å²) >= 11 is 0. The first-order chi connectivity index (χ1) is 17.2. The van der Waals surface area contributed by atoms with Gasteiger partial charge in [0.05, 0.1) is 10.3 Å². The molecule has 0 radical (unpaired) electrons. The highest BCUT2D eigenvalue weighted by Gasteiger charge is 2.58. The normalized spacial score (nSPS) is 18.9. The van der Waals surface area contributed by atoms with Gasteiger partial charge in [0.15, 0.2) is 0 Å². The summed E-state index contributed by atoms with van der Waals surface area (Å²) in [5.74, 6) is -0.331. The van der Waals surface area contributed by atoms with Crippen molar-refractivity contribution in [1.29, 1.82) is 0 Å². The molecular weight excluding hydrogens is 462 g/mol. The topological polar surface area (TPSA) is 122 Å². The van der Waals surface area contributed by atoms with Gasteiger partial charge in [0.1, 0.15) is 5.75 Å². The second-order valence-electron chi connectivity index (χ2n) is 9.71. The Morgan fingerprint density at radius 1 is 1.11 bits per heavy atom. The summed E-state index contributed by atoms with van der Waals surface area (Å²) in [6.07, 6.45) is 6.29. The van der Waals surface area contributed by atoms with E-state index in [9.17, 15) is 19.7 Å². The van der Waals surface area contributed by atoms with Gasteiger partial charge in [0, 0.05) is 49.3 Å². The van der Waals surface area contributed by atoms with Gasteiger partial charge < -0.3 is 20.1 Å². The van der Waals surface area contributed by atoms with E-state index in [4.69, 9.17) is 9.84 Å². The molecule has 0 saturated carbocycles. The van der Waals surface area contributed by atoms with Crippen LogP contribution in [-0.2, 0) is 15.0 Å². The van der Waals surface area contributed by atoms with Gasteiger partial charge in [0.2, 0.25) is 11.6 Å². The number of carbonyl (C=O) groups excluding carboxylic acids is 1. The number of carbonyl (C=O) groups is 2. The number of benzene rings is 2. The zero-order valence-corrected chi connectivity index (χ0v) is 20.5. The number of nitrogens with one attached hydrogen (secondary N) is 1. The molecule has 1 amide bonds. The van der Waals surface area contributed by atoms with Crippen molar-refractivity contribution in [2.24, 2.45) is 0 Å². The molecule has 4 rings (SSSR count). The van der Waals surface area contributed by atoms with Crippen LogP contribution in [0.15, 0.2) is 48.5 Å². The fourth-order valence-corrected chi connectivity index (χ4v) is 5.10. The minimum atomic E-state index is -0.906. The Balaban J connectivity index is 1.51. The second-order valence-corrected chi connectivity index (χ2v) is 9.71. The van der Waals surface area contributed by atoms with Crippen molar-refractivity contribution in [1.82, 2.24) is 5.32 Å².